The Hall–Kier alpha value is -2.68. The Kier molecular flexibility index (Phi) is 11.3. The van der Waals surface area contributed by atoms with Crippen LogP contribution in [0.15, 0.2) is 30.5 Å². The largest absolute Gasteiger partial charge is 0.385 e. The molecule has 0 radical (unpaired) electrons. The van der Waals surface area contributed by atoms with Crippen molar-refractivity contribution < 1.29 is 9.53 Å². The lowest BCUT2D eigenvalue weighted by molar-refractivity contribution is -0.109. The molecule has 0 spiro atoms. The molecule has 1 unspecified atom stereocenters. The molecule has 1 saturated heterocycles. The van der Waals surface area contributed by atoms with Gasteiger partial charge in [-0.25, -0.2) is 9.50 Å². The Bertz CT molecular complexity index is 1050. The van der Waals surface area contributed by atoms with Crippen LogP contribution < -0.4 is 10.6 Å². The number of nitrogens with one attached hydrogen (secondary N) is 2. The molecule has 1 fully saturated rings. The highest BCUT2D eigenvalue weighted by molar-refractivity contribution is 6.29. The number of aromatic nitrogens is 3. The van der Waals surface area contributed by atoms with E-state index in [0.717, 1.165) is 55.3 Å². The maximum absolute atomic E-state index is 9.45. The van der Waals surface area contributed by atoms with E-state index in [2.05, 4.69) is 71.6 Å². The first-order valence-electron chi connectivity index (χ1n) is 11.6. The van der Waals surface area contributed by atoms with Gasteiger partial charge in [0.15, 0.2) is 10.8 Å². The van der Waals surface area contributed by atoms with E-state index >= 15 is 0 Å². The van der Waals surface area contributed by atoms with Crippen LogP contribution in [0.1, 0.15) is 31.4 Å². The van der Waals surface area contributed by atoms with Crippen molar-refractivity contribution in [2.24, 2.45) is 0 Å². The lowest BCUT2D eigenvalue weighted by atomic mass is 10.0. The smallest absolute Gasteiger partial charge is 0.207 e. The van der Waals surface area contributed by atoms with Crippen molar-refractivity contribution in [2.45, 2.75) is 40.2 Å². The van der Waals surface area contributed by atoms with Crippen molar-refractivity contribution in [1.29, 1.82) is 0 Å². The molecule has 0 saturated carbocycles. The fraction of sp³-hybridized carbons (Fsp3) is 0.480. The third-order valence-electron chi connectivity index (χ3n) is 5.43. The van der Waals surface area contributed by atoms with Crippen LogP contribution in [0, 0.1) is 13.8 Å². The second kappa shape index (κ2) is 13.9. The second-order valence-electron chi connectivity index (χ2n) is 8.32. The minimum atomic E-state index is 0.435. The first-order valence-corrected chi connectivity index (χ1v) is 11.9. The van der Waals surface area contributed by atoms with Gasteiger partial charge in [-0.05, 0) is 51.4 Å². The number of rotatable bonds is 5. The number of fused-ring (bicyclic) bond motifs is 1. The molecule has 2 N–H and O–H groups in total. The van der Waals surface area contributed by atoms with Crippen LogP contribution in [0.5, 0.6) is 0 Å². The standard InChI is InChI=1S/C15H15ClN4.C6H13NO.C4H9NO/c1-9-4-5-11(6-10(9)2)13-8-18-15-12(17-3)7-14(16)19-20(13)15;1-6-5-7(2)3-4-8-6;1-2-3-5-4-6/h4-8,17H,1-3H3;6H,3-5H2,1-2H3;4H,2-3H2,1H3,(H,5,6). The zero-order valence-corrected chi connectivity index (χ0v) is 21.8. The minimum absolute atomic E-state index is 0.435. The molecule has 1 aromatic carbocycles. The number of imidazole rings is 1. The van der Waals surface area contributed by atoms with Gasteiger partial charge in [0.1, 0.15) is 0 Å². The fourth-order valence-corrected chi connectivity index (χ4v) is 3.60. The van der Waals surface area contributed by atoms with Gasteiger partial charge in [-0.1, -0.05) is 30.7 Å². The predicted molar refractivity (Wildman–Crippen MR) is 140 cm³/mol. The van der Waals surface area contributed by atoms with Gasteiger partial charge in [-0.2, -0.15) is 5.10 Å². The van der Waals surface area contributed by atoms with Crippen molar-refractivity contribution in [2.75, 3.05) is 45.7 Å². The summed E-state index contributed by atoms with van der Waals surface area (Å²) in [5.74, 6) is 0. The average Bonchev–Trinajstić information content (AvgIpc) is 3.23. The van der Waals surface area contributed by atoms with Crippen LogP contribution in [0.2, 0.25) is 5.15 Å². The Morgan fingerprint density at radius 2 is 2.03 bits per heavy atom. The molecule has 186 valence electrons. The van der Waals surface area contributed by atoms with Crippen molar-refractivity contribution in [1.82, 2.24) is 24.8 Å². The summed E-state index contributed by atoms with van der Waals surface area (Å²) in [4.78, 5) is 16.2. The molecule has 3 heterocycles. The summed E-state index contributed by atoms with van der Waals surface area (Å²) in [6, 6.07) is 8.09. The number of anilines is 1. The molecular weight excluding hydrogens is 452 g/mol. The average molecular weight is 489 g/mol. The van der Waals surface area contributed by atoms with Crippen LogP contribution in [0.25, 0.3) is 16.9 Å². The molecule has 2 aromatic heterocycles. The number of hydrogen-bond donors (Lipinski definition) is 2. The highest BCUT2D eigenvalue weighted by atomic mass is 35.5. The Morgan fingerprint density at radius 3 is 2.56 bits per heavy atom. The van der Waals surface area contributed by atoms with Gasteiger partial charge in [-0.15, -0.1) is 0 Å². The van der Waals surface area contributed by atoms with Crippen LogP contribution in [0.3, 0.4) is 0 Å². The molecule has 0 bridgehead atoms. The van der Waals surface area contributed by atoms with Crippen molar-refractivity contribution in [3.05, 3.63) is 46.7 Å². The summed E-state index contributed by atoms with van der Waals surface area (Å²) < 4.78 is 7.08. The number of ether oxygens (including phenoxy) is 1. The number of halogens is 1. The second-order valence-corrected chi connectivity index (χ2v) is 8.71. The highest BCUT2D eigenvalue weighted by Gasteiger charge is 2.12. The molecule has 1 aliphatic heterocycles. The van der Waals surface area contributed by atoms with E-state index in [0.29, 0.717) is 17.7 Å². The molecule has 34 heavy (non-hydrogen) atoms. The maximum atomic E-state index is 9.45. The number of likely N-dealkylation sites (N-methyl/N-ethyl adjacent to an activating group) is 1. The van der Waals surface area contributed by atoms with E-state index in [-0.39, 0.29) is 0 Å². The number of amides is 1. The maximum Gasteiger partial charge on any atom is 0.207 e. The highest BCUT2D eigenvalue weighted by Crippen LogP contribution is 2.26. The van der Waals surface area contributed by atoms with E-state index in [1.807, 2.05) is 20.2 Å². The number of carbonyl (C=O) groups is 1. The number of benzene rings is 1. The van der Waals surface area contributed by atoms with E-state index in [4.69, 9.17) is 16.3 Å². The number of morpholine rings is 1. The SMILES string of the molecule is CC1CN(C)CCO1.CCCNC=O.CNc1cc(Cl)nn2c(-c3ccc(C)c(C)c3)cnc12. The molecule has 3 aromatic rings. The van der Waals surface area contributed by atoms with Crippen molar-refractivity contribution in [3.8, 4) is 11.3 Å². The summed E-state index contributed by atoms with van der Waals surface area (Å²) in [6.45, 7) is 12.2. The van der Waals surface area contributed by atoms with E-state index < -0.39 is 0 Å². The first-order chi connectivity index (χ1) is 16.3. The predicted octanol–water partition coefficient (Wildman–Crippen LogP) is 4.19. The van der Waals surface area contributed by atoms with Crippen LogP contribution in [-0.2, 0) is 9.53 Å². The molecule has 1 aliphatic rings. The van der Waals surface area contributed by atoms with E-state index in [9.17, 15) is 4.79 Å². The number of nitrogens with zero attached hydrogens (tertiary/aromatic N) is 4. The van der Waals surface area contributed by atoms with E-state index in [1.54, 1.807) is 10.6 Å². The van der Waals surface area contributed by atoms with Gasteiger partial charge >= 0.3 is 0 Å². The van der Waals surface area contributed by atoms with Crippen molar-refractivity contribution >= 4 is 29.3 Å². The molecular formula is C25H37ClN6O2. The third kappa shape index (κ3) is 7.97. The zero-order valence-electron chi connectivity index (χ0n) is 21.1. The molecule has 8 nitrogen and oxygen atoms in total. The molecule has 9 heteroatoms. The Balaban J connectivity index is 0.000000240. The van der Waals surface area contributed by atoms with Crippen LogP contribution in [-0.4, -0.2) is 72.3 Å². The van der Waals surface area contributed by atoms with Gasteiger partial charge in [-0.3, -0.25) is 4.79 Å². The van der Waals surface area contributed by atoms with Gasteiger partial charge in [0.25, 0.3) is 0 Å². The summed E-state index contributed by atoms with van der Waals surface area (Å²) in [7, 11) is 3.97. The quantitative estimate of drug-likeness (QED) is 0.414. The monoisotopic (exact) mass is 488 g/mol. The van der Waals surface area contributed by atoms with E-state index in [1.165, 1.54) is 11.1 Å². The first kappa shape index (κ1) is 27.6. The third-order valence-corrected chi connectivity index (χ3v) is 5.62. The number of carbonyl (C=O) groups excluding carboxylic acids is 1. The molecule has 4 rings (SSSR count). The fourth-order valence-electron chi connectivity index (χ4n) is 3.42. The van der Waals surface area contributed by atoms with Gasteiger partial charge in [0.2, 0.25) is 6.41 Å². The number of hydrogen-bond acceptors (Lipinski definition) is 6. The molecule has 0 aliphatic carbocycles. The summed E-state index contributed by atoms with van der Waals surface area (Å²) >= 11 is 6.08. The summed E-state index contributed by atoms with van der Waals surface area (Å²) in [5, 5.41) is 10.4. The Labute approximate surface area is 207 Å². The van der Waals surface area contributed by atoms with Crippen LogP contribution in [0.4, 0.5) is 5.69 Å². The summed E-state index contributed by atoms with van der Waals surface area (Å²) in [6.07, 6.45) is 3.99. The molecule has 1 amide bonds. The minimum Gasteiger partial charge on any atom is -0.385 e. The number of aryl methyl sites for hydroxylation is 2. The van der Waals surface area contributed by atoms with Crippen molar-refractivity contribution in [3.63, 3.8) is 0 Å². The van der Waals surface area contributed by atoms with Gasteiger partial charge in [0.05, 0.1) is 30.3 Å². The topological polar surface area (TPSA) is 83.8 Å². The Morgan fingerprint density at radius 1 is 1.26 bits per heavy atom. The molecule has 1 atom stereocenters. The van der Waals surface area contributed by atoms with Gasteiger partial charge < -0.3 is 20.3 Å². The van der Waals surface area contributed by atoms with Crippen LogP contribution >= 0.6 is 11.6 Å². The summed E-state index contributed by atoms with van der Waals surface area (Å²) in [5.41, 5.74) is 6.16. The lowest BCUT2D eigenvalue weighted by Gasteiger charge is -2.27. The zero-order chi connectivity index (χ0) is 25.1. The lowest BCUT2D eigenvalue weighted by Crippen LogP contribution is -2.38. The van der Waals surface area contributed by atoms with Gasteiger partial charge in [0, 0.05) is 38.3 Å². The normalized spacial score (nSPS) is 15.6.